The van der Waals surface area contributed by atoms with Crippen LogP contribution in [0.25, 0.3) is 0 Å². The summed E-state index contributed by atoms with van der Waals surface area (Å²) < 4.78 is 28.4. The first-order valence-corrected chi connectivity index (χ1v) is 4.05. The smallest absolute Gasteiger partial charge is 0.365 e. The van der Waals surface area contributed by atoms with Crippen LogP contribution in [0.2, 0.25) is 5.28 Å². The van der Waals surface area contributed by atoms with E-state index in [0.717, 1.165) is 0 Å². The van der Waals surface area contributed by atoms with Gasteiger partial charge >= 0.3 is 12.6 Å². The molecule has 0 fully saturated rings. The van der Waals surface area contributed by atoms with Crippen LogP contribution in [-0.4, -0.2) is 35.7 Å². The van der Waals surface area contributed by atoms with E-state index < -0.39 is 6.61 Å². The molecular formula is C6H7ClF2N4O2. The fourth-order valence-corrected chi connectivity index (χ4v) is 0.869. The maximum absolute atomic E-state index is 11.9. The number of hydroxylamine groups is 1. The fraction of sp³-hybridized carbons (Fsp3) is 0.500. The molecule has 15 heavy (non-hydrogen) atoms. The molecule has 0 saturated carbocycles. The van der Waals surface area contributed by atoms with Crippen molar-refractivity contribution >= 4 is 17.5 Å². The number of alkyl halides is 2. The molecule has 0 N–H and O–H groups in total. The van der Waals surface area contributed by atoms with Crippen LogP contribution < -0.4 is 9.80 Å². The van der Waals surface area contributed by atoms with Gasteiger partial charge in [-0.25, -0.2) is 9.90 Å². The van der Waals surface area contributed by atoms with Crippen LogP contribution in [-0.2, 0) is 4.84 Å². The molecule has 0 unspecified atom stereocenters. The SMILES string of the molecule is COc1nc(Cl)nc(N(C)OC(F)F)n1. The van der Waals surface area contributed by atoms with E-state index in [1.54, 1.807) is 0 Å². The lowest BCUT2D eigenvalue weighted by atomic mass is 10.9. The lowest BCUT2D eigenvalue weighted by Crippen LogP contribution is -2.23. The Morgan fingerprint density at radius 2 is 2.00 bits per heavy atom. The summed E-state index contributed by atoms with van der Waals surface area (Å²) >= 11 is 5.50. The maximum Gasteiger partial charge on any atom is 0.365 e. The first-order valence-electron chi connectivity index (χ1n) is 3.67. The second-order valence-corrected chi connectivity index (χ2v) is 2.59. The van der Waals surface area contributed by atoms with Crippen molar-refractivity contribution in [3.8, 4) is 6.01 Å². The standard InChI is InChI=1S/C6H7ClF2N4O2/c1-13(15-4(8)9)5-10-3(7)11-6(12-5)14-2/h4H,1-2H3. The Kier molecular flexibility index (Phi) is 3.92. The van der Waals surface area contributed by atoms with Crippen molar-refractivity contribution in [2.24, 2.45) is 0 Å². The second kappa shape index (κ2) is 4.99. The second-order valence-electron chi connectivity index (χ2n) is 2.25. The molecule has 0 aromatic carbocycles. The molecule has 6 nitrogen and oxygen atoms in total. The summed E-state index contributed by atoms with van der Waals surface area (Å²) in [5.74, 6) is -0.174. The molecule has 1 aromatic rings. The molecule has 1 aromatic heterocycles. The quantitative estimate of drug-likeness (QED) is 0.735. The molecule has 0 atom stereocenters. The number of ether oxygens (including phenoxy) is 1. The van der Waals surface area contributed by atoms with E-state index in [-0.39, 0.29) is 17.2 Å². The zero-order valence-corrected chi connectivity index (χ0v) is 8.57. The fourth-order valence-electron chi connectivity index (χ4n) is 0.721. The van der Waals surface area contributed by atoms with Crippen molar-refractivity contribution in [2.75, 3.05) is 19.2 Å². The Morgan fingerprint density at radius 3 is 2.53 bits per heavy atom. The summed E-state index contributed by atoms with van der Waals surface area (Å²) in [5.41, 5.74) is 0. The minimum absolute atomic E-state index is 0.0882. The van der Waals surface area contributed by atoms with Crippen molar-refractivity contribution < 1.29 is 18.4 Å². The third kappa shape index (κ3) is 3.40. The highest BCUT2D eigenvalue weighted by atomic mass is 35.5. The van der Waals surface area contributed by atoms with Crippen LogP contribution in [0.5, 0.6) is 6.01 Å². The van der Waals surface area contributed by atoms with Gasteiger partial charge in [-0.2, -0.15) is 23.7 Å². The summed E-state index contributed by atoms with van der Waals surface area (Å²) in [5, 5.41) is 0.488. The molecular weight excluding hydrogens is 234 g/mol. The van der Waals surface area contributed by atoms with E-state index in [4.69, 9.17) is 11.6 Å². The van der Waals surface area contributed by atoms with E-state index >= 15 is 0 Å². The summed E-state index contributed by atoms with van der Waals surface area (Å²) in [6.07, 6.45) is 0. The average molecular weight is 241 g/mol. The molecule has 0 spiro atoms. The highest BCUT2D eigenvalue weighted by Crippen LogP contribution is 2.15. The summed E-state index contributed by atoms with van der Waals surface area (Å²) in [6, 6.07) is -0.0882. The van der Waals surface area contributed by atoms with E-state index in [0.29, 0.717) is 5.06 Å². The third-order valence-electron chi connectivity index (χ3n) is 1.28. The van der Waals surface area contributed by atoms with Crippen LogP contribution in [0.3, 0.4) is 0 Å². The predicted octanol–water partition coefficient (Wildman–Crippen LogP) is 1.12. The molecule has 0 aliphatic heterocycles. The molecule has 0 radical (unpaired) electrons. The molecule has 0 saturated heterocycles. The van der Waals surface area contributed by atoms with E-state index in [1.165, 1.54) is 14.2 Å². The van der Waals surface area contributed by atoms with Crippen LogP contribution in [0.1, 0.15) is 0 Å². The first-order chi connectivity index (χ1) is 7.02. The van der Waals surface area contributed by atoms with Gasteiger partial charge in [0.25, 0.3) is 5.95 Å². The van der Waals surface area contributed by atoms with E-state index in [9.17, 15) is 8.78 Å². The Bertz CT molecular complexity index is 341. The molecule has 84 valence electrons. The number of nitrogens with zero attached hydrogens (tertiary/aromatic N) is 4. The summed E-state index contributed by atoms with van der Waals surface area (Å²) in [6.45, 7) is -2.98. The maximum atomic E-state index is 11.9. The predicted molar refractivity (Wildman–Crippen MR) is 46.9 cm³/mol. The largest absolute Gasteiger partial charge is 0.467 e. The van der Waals surface area contributed by atoms with Gasteiger partial charge in [-0.3, -0.25) is 0 Å². The topological polar surface area (TPSA) is 60.4 Å². The van der Waals surface area contributed by atoms with Crippen molar-refractivity contribution in [1.29, 1.82) is 0 Å². The van der Waals surface area contributed by atoms with Gasteiger partial charge < -0.3 is 4.74 Å². The third-order valence-corrected chi connectivity index (χ3v) is 1.45. The number of halogens is 3. The molecule has 0 amide bonds. The van der Waals surface area contributed by atoms with Gasteiger partial charge in [0.2, 0.25) is 5.28 Å². The molecule has 9 heteroatoms. The average Bonchev–Trinajstić information content (AvgIpc) is 2.15. The number of aromatic nitrogens is 3. The molecule has 1 heterocycles. The molecule has 0 aliphatic rings. The normalized spacial score (nSPS) is 10.5. The van der Waals surface area contributed by atoms with Gasteiger partial charge in [0.1, 0.15) is 0 Å². The van der Waals surface area contributed by atoms with Gasteiger partial charge in [-0.1, -0.05) is 0 Å². The Hall–Kier alpha value is -1.28. The van der Waals surface area contributed by atoms with Gasteiger partial charge in [0.05, 0.1) is 7.11 Å². The summed E-state index contributed by atoms with van der Waals surface area (Å²) in [4.78, 5) is 14.8. The van der Waals surface area contributed by atoms with Crippen LogP contribution >= 0.6 is 11.6 Å². The molecule has 1 rings (SSSR count). The number of hydrogen-bond acceptors (Lipinski definition) is 6. The van der Waals surface area contributed by atoms with Crippen molar-refractivity contribution in [1.82, 2.24) is 15.0 Å². The Balaban J connectivity index is 2.88. The van der Waals surface area contributed by atoms with Gasteiger partial charge in [0, 0.05) is 7.05 Å². The number of hydrogen-bond donors (Lipinski definition) is 0. The van der Waals surface area contributed by atoms with Gasteiger partial charge in [-0.15, -0.1) is 0 Å². The number of anilines is 1. The van der Waals surface area contributed by atoms with Gasteiger partial charge in [0.15, 0.2) is 0 Å². The summed E-state index contributed by atoms with van der Waals surface area (Å²) in [7, 11) is 2.51. The van der Waals surface area contributed by atoms with Crippen molar-refractivity contribution in [3.63, 3.8) is 0 Å². The van der Waals surface area contributed by atoms with E-state index in [2.05, 4.69) is 24.5 Å². The van der Waals surface area contributed by atoms with Crippen molar-refractivity contribution in [2.45, 2.75) is 6.61 Å². The van der Waals surface area contributed by atoms with Gasteiger partial charge in [-0.05, 0) is 11.6 Å². The number of methoxy groups -OCH3 is 1. The van der Waals surface area contributed by atoms with Crippen LogP contribution in [0, 0.1) is 0 Å². The lowest BCUT2D eigenvalue weighted by Gasteiger charge is -2.15. The van der Waals surface area contributed by atoms with E-state index in [1.807, 2.05) is 0 Å². The Labute approximate surface area is 88.8 Å². The minimum atomic E-state index is -2.98. The van der Waals surface area contributed by atoms with Crippen LogP contribution in [0.15, 0.2) is 0 Å². The zero-order chi connectivity index (χ0) is 11.4. The lowest BCUT2D eigenvalue weighted by molar-refractivity contribution is -0.136. The first kappa shape index (κ1) is 11.8. The molecule has 0 aliphatic carbocycles. The van der Waals surface area contributed by atoms with Crippen molar-refractivity contribution in [3.05, 3.63) is 5.28 Å². The molecule has 0 bridgehead atoms. The minimum Gasteiger partial charge on any atom is -0.467 e. The zero-order valence-electron chi connectivity index (χ0n) is 7.82. The number of rotatable bonds is 4. The highest BCUT2D eigenvalue weighted by Gasteiger charge is 2.14. The monoisotopic (exact) mass is 240 g/mol. The highest BCUT2D eigenvalue weighted by molar-refractivity contribution is 6.28. The Morgan fingerprint density at radius 1 is 1.33 bits per heavy atom. The van der Waals surface area contributed by atoms with Crippen LogP contribution in [0.4, 0.5) is 14.7 Å².